The number of pyridine rings is 2. The van der Waals surface area contributed by atoms with Crippen LogP contribution >= 0.6 is 0 Å². The van der Waals surface area contributed by atoms with Crippen LogP contribution in [-0.4, -0.2) is 25.2 Å². The summed E-state index contributed by atoms with van der Waals surface area (Å²) in [6.45, 7) is 0. The molecule has 0 bridgehead atoms. The number of hydrogen-bond donors (Lipinski definition) is 0. The SMILES string of the molecule is Cn1c(-c2cccnc2)cnc1C1CC(c2ccc(C(F)(F)F)cn2)=NO1. The van der Waals surface area contributed by atoms with Gasteiger partial charge in [0.25, 0.3) is 0 Å². The summed E-state index contributed by atoms with van der Waals surface area (Å²) < 4.78 is 39.9. The predicted molar refractivity (Wildman–Crippen MR) is 90.7 cm³/mol. The molecule has 0 amide bonds. The Kier molecular flexibility index (Phi) is 4.14. The smallest absolute Gasteiger partial charge is 0.384 e. The van der Waals surface area contributed by atoms with Crippen molar-refractivity contribution >= 4 is 5.71 Å². The van der Waals surface area contributed by atoms with Gasteiger partial charge in [-0.25, -0.2) is 4.98 Å². The zero-order valence-corrected chi connectivity index (χ0v) is 14.2. The van der Waals surface area contributed by atoms with E-state index in [2.05, 4.69) is 20.1 Å². The van der Waals surface area contributed by atoms with E-state index < -0.39 is 17.8 Å². The van der Waals surface area contributed by atoms with Gasteiger partial charge in [0.2, 0.25) is 0 Å². The Morgan fingerprint density at radius 3 is 2.63 bits per heavy atom. The summed E-state index contributed by atoms with van der Waals surface area (Å²) in [6, 6.07) is 6.05. The van der Waals surface area contributed by atoms with E-state index in [-0.39, 0.29) is 0 Å². The van der Waals surface area contributed by atoms with Crippen molar-refractivity contribution in [3.8, 4) is 11.3 Å². The highest BCUT2D eigenvalue weighted by molar-refractivity contribution is 5.99. The third-order valence-electron chi connectivity index (χ3n) is 4.32. The molecule has 0 saturated heterocycles. The molecule has 0 aliphatic carbocycles. The van der Waals surface area contributed by atoms with Crippen molar-refractivity contribution in [2.75, 3.05) is 0 Å². The van der Waals surface area contributed by atoms with Gasteiger partial charge < -0.3 is 9.40 Å². The van der Waals surface area contributed by atoms with Crippen LogP contribution in [-0.2, 0) is 18.1 Å². The van der Waals surface area contributed by atoms with Crippen LogP contribution in [0.5, 0.6) is 0 Å². The Hall–Kier alpha value is -3.23. The molecule has 1 aliphatic heterocycles. The van der Waals surface area contributed by atoms with E-state index in [9.17, 15) is 13.2 Å². The van der Waals surface area contributed by atoms with E-state index in [0.29, 0.717) is 23.7 Å². The normalized spacial score (nSPS) is 16.9. The van der Waals surface area contributed by atoms with Crippen molar-refractivity contribution in [1.29, 1.82) is 0 Å². The van der Waals surface area contributed by atoms with Crippen LogP contribution in [0.3, 0.4) is 0 Å². The highest BCUT2D eigenvalue weighted by Crippen LogP contribution is 2.32. The number of hydrogen-bond acceptors (Lipinski definition) is 5. The van der Waals surface area contributed by atoms with E-state index in [1.54, 1.807) is 18.6 Å². The van der Waals surface area contributed by atoms with Gasteiger partial charge in [-0.15, -0.1) is 0 Å². The minimum absolute atomic E-state index is 0.354. The second-order valence-electron chi connectivity index (χ2n) is 6.07. The lowest BCUT2D eigenvalue weighted by atomic mass is 10.1. The number of oxime groups is 1. The Bertz CT molecular complexity index is 980. The number of imidazole rings is 1. The second-order valence-corrected chi connectivity index (χ2v) is 6.07. The summed E-state index contributed by atoms with van der Waals surface area (Å²) in [5.41, 5.74) is 1.84. The number of rotatable bonds is 3. The average Bonchev–Trinajstić information content (AvgIpc) is 3.28. The molecule has 1 atom stereocenters. The van der Waals surface area contributed by atoms with Crippen molar-refractivity contribution in [3.05, 3.63) is 66.1 Å². The molecule has 3 aromatic heterocycles. The van der Waals surface area contributed by atoms with Crippen molar-refractivity contribution in [3.63, 3.8) is 0 Å². The lowest BCUT2D eigenvalue weighted by Gasteiger charge is -2.10. The minimum atomic E-state index is -4.42. The molecule has 0 aromatic carbocycles. The van der Waals surface area contributed by atoms with Crippen LogP contribution in [0.15, 0.2) is 54.2 Å². The Morgan fingerprint density at radius 2 is 1.96 bits per heavy atom. The van der Waals surface area contributed by atoms with Gasteiger partial charge in [-0.05, 0) is 24.3 Å². The maximum atomic E-state index is 12.7. The van der Waals surface area contributed by atoms with Crippen molar-refractivity contribution in [1.82, 2.24) is 19.5 Å². The molecule has 138 valence electrons. The minimum Gasteiger partial charge on any atom is -0.384 e. The van der Waals surface area contributed by atoms with E-state index >= 15 is 0 Å². The lowest BCUT2D eigenvalue weighted by molar-refractivity contribution is -0.137. The lowest BCUT2D eigenvalue weighted by Crippen LogP contribution is -2.10. The molecule has 4 rings (SSSR count). The van der Waals surface area contributed by atoms with Crippen LogP contribution in [0.1, 0.15) is 29.6 Å². The Balaban J connectivity index is 1.52. The monoisotopic (exact) mass is 373 g/mol. The molecule has 0 radical (unpaired) electrons. The number of halogens is 3. The number of alkyl halides is 3. The third-order valence-corrected chi connectivity index (χ3v) is 4.32. The van der Waals surface area contributed by atoms with E-state index in [1.807, 2.05) is 23.7 Å². The maximum absolute atomic E-state index is 12.7. The molecule has 1 unspecified atom stereocenters. The molecule has 0 spiro atoms. The maximum Gasteiger partial charge on any atom is 0.417 e. The first-order chi connectivity index (χ1) is 12.9. The number of aromatic nitrogens is 4. The molecule has 3 aromatic rings. The summed E-state index contributed by atoms with van der Waals surface area (Å²) in [4.78, 5) is 17.8. The quantitative estimate of drug-likeness (QED) is 0.701. The standard InChI is InChI=1S/C18H14F3N5O/c1-26-15(11-3-2-6-22-8-11)10-24-17(26)16-7-14(25-27-16)13-5-4-12(9-23-13)18(19,20)21/h2-6,8-10,16H,7H2,1H3. The average molecular weight is 373 g/mol. The second kappa shape index (κ2) is 6.49. The molecule has 0 fully saturated rings. The third kappa shape index (κ3) is 3.27. The van der Waals surface area contributed by atoms with Crippen LogP contribution in [0.25, 0.3) is 11.3 Å². The van der Waals surface area contributed by atoms with Gasteiger partial charge in [0.15, 0.2) is 11.9 Å². The molecule has 27 heavy (non-hydrogen) atoms. The zero-order chi connectivity index (χ0) is 19.0. The van der Waals surface area contributed by atoms with E-state index in [1.165, 1.54) is 6.07 Å². The summed E-state index contributed by atoms with van der Waals surface area (Å²) in [7, 11) is 1.86. The fraction of sp³-hybridized carbons (Fsp3) is 0.222. The van der Waals surface area contributed by atoms with Crippen LogP contribution < -0.4 is 0 Å². The van der Waals surface area contributed by atoms with Gasteiger partial charge in [-0.1, -0.05) is 5.16 Å². The molecule has 1 aliphatic rings. The fourth-order valence-corrected chi connectivity index (χ4v) is 2.90. The highest BCUT2D eigenvalue weighted by atomic mass is 19.4. The van der Waals surface area contributed by atoms with Crippen LogP contribution in [0, 0.1) is 0 Å². The van der Waals surface area contributed by atoms with Crippen molar-refractivity contribution in [2.24, 2.45) is 12.2 Å². The first-order valence-electron chi connectivity index (χ1n) is 8.12. The molecule has 0 saturated carbocycles. The van der Waals surface area contributed by atoms with Gasteiger partial charge in [0.1, 0.15) is 5.71 Å². The zero-order valence-electron chi connectivity index (χ0n) is 14.2. The molecule has 0 N–H and O–H groups in total. The summed E-state index contributed by atoms with van der Waals surface area (Å²) in [5, 5.41) is 3.99. The van der Waals surface area contributed by atoms with E-state index in [4.69, 9.17) is 4.84 Å². The first kappa shape index (κ1) is 17.2. The molecular weight excluding hydrogens is 359 g/mol. The molecule has 9 heteroatoms. The number of nitrogens with zero attached hydrogens (tertiary/aromatic N) is 5. The van der Waals surface area contributed by atoms with Gasteiger partial charge >= 0.3 is 6.18 Å². The Labute approximate surface area is 152 Å². The van der Waals surface area contributed by atoms with Crippen molar-refractivity contribution < 1.29 is 18.0 Å². The summed E-state index contributed by atoms with van der Waals surface area (Å²) >= 11 is 0. The first-order valence-corrected chi connectivity index (χ1v) is 8.12. The largest absolute Gasteiger partial charge is 0.417 e. The van der Waals surface area contributed by atoms with E-state index in [0.717, 1.165) is 23.5 Å². The topological polar surface area (TPSA) is 65.2 Å². The molecule has 6 nitrogen and oxygen atoms in total. The van der Waals surface area contributed by atoms with Crippen LogP contribution in [0.4, 0.5) is 13.2 Å². The molecular formula is C18H14F3N5O. The van der Waals surface area contributed by atoms with Crippen molar-refractivity contribution in [2.45, 2.75) is 18.7 Å². The van der Waals surface area contributed by atoms with Gasteiger partial charge in [0.05, 0.1) is 23.1 Å². The Morgan fingerprint density at radius 1 is 1.11 bits per heavy atom. The molecule has 4 heterocycles. The van der Waals surface area contributed by atoms with Gasteiger partial charge in [-0.3, -0.25) is 9.97 Å². The summed E-state index contributed by atoms with van der Waals surface area (Å²) in [6.07, 6.45) is 1.48. The summed E-state index contributed by atoms with van der Waals surface area (Å²) in [5.74, 6) is 0.666. The van der Waals surface area contributed by atoms with Gasteiger partial charge in [0, 0.05) is 37.6 Å². The predicted octanol–water partition coefficient (Wildman–Crippen LogP) is 3.76. The fourth-order valence-electron chi connectivity index (χ4n) is 2.90. The highest BCUT2D eigenvalue weighted by Gasteiger charge is 2.32. The van der Waals surface area contributed by atoms with Crippen LogP contribution in [0.2, 0.25) is 0 Å². The van der Waals surface area contributed by atoms with Gasteiger partial charge in [-0.2, -0.15) is 13.2 Å².